The number of benzene rings is 3. The number of hydrogen-bond acceptors (Lipinski definition) is 5. The number of hydrogen-bond donors (Lipinski definition) is 1. The largest absolute Gasteiger partial charge is 0.517 e. The second kappa shape index (κ2) is 10.8. The molecule has 38 heavy (non-hydrogen) atoms. The average Bonchev–Trinajstić information content (AvgIpc) is 2.76. The van der Waals surface area contributed by atoms with Gasteiger partial charge in [0.2, 0.25) is 0 Å². The molecule has 7 heteroatoms. The summed E-state index contributed by atoms with van der Waals surface area (Å²) in [5, 5.41) is 9.98. The van der Waals surface area contributed by atoms with Crippen molar-refractivity contribution in [2.24, 2.45) is 0 Å². The van der Waals surface area contributed by atoms with Crippen molar-refractivity contribution < 1.29 is 28.3 Å². The number of carbonyl (C=O) groups is 1. The fourth-order valence-corrected chi connectivity index (χ4v) is 6.70. The molecule has 3 aromatic rings. The number of carboxylic acid groups (broad SMARTS) is 1. The summed E-state index contributed by atoms with van der Waals surface area (Å²) in [6.07, 6.45) is -1.36. The Kier molecular flexibility index (Phi) is 8.32. The highest BCUT2D eigenvalue weighted by Gasteiger charge is 2.36. The smallest absolute Gasteiger partial charge is 0.488 e. The molecule has 1 N–H and O–H groups in total. The van der Waals surface area contributed by atoms with E-state index in [0.29, 0.717) is 17.2 Å². The first-order chi connectivity index (χ1) is 17.5. The van der Waals surface area contributed by atoms with Crippen LogP contribution < -0.4 is 14.2 Å². The molecule has 0 radical (unpaired) electrons. The van der Waals surface area contributed by atoms with E-state index < -0.39 is 16.5 Å². The lowest BCUT2D eigenvalue weighted by Crippen LogP contribution is -2.23. The Hall–Kier alpha value is -3.32. The van der Waals surface area contributed by atoms with Crippen LogP contribution in [-0.4, -0.2) is 28.1 Å². The third-order valence-electron chi connectivity index (χ3n) is 4.94. The van der Waals surface area contributed by atoms with Gasteiger partial charge < -0.3 is 23.5 Å². The van der Waals surface area contributed by atoms with Crippen molar-refractivity contribution in [3.63, 3.8) is 0 Å². The van der Waals surface area contributed by atoms with E-state index in [0.717, 1.165) is 14.7 Å². The molecule has 0 bridgehead atoms. The summed E-state index contributed by atoms with van der Waals surface area (Å²) in [5.74, 6) is 2.06. The maximum atomic E-state index is 12.2. The van der Waals surface area contributed by atoms with Crippen LogP contribution in [0, 0.1) is 0 Å². The van der Waals surface area contributed by atoms with E-state index in [4.69, 9.17) is 18.4 Å². The van der Waals surface area contributed by atoms with E-state index >= 15 is 0 Å². The summed E-state index contributed by atoms with van der Waals surface area (Å²) < 4.78 is 23.9. The van der Waals surface area contributed by atoms with Gasteiger partial charge in [0.15, 0.2) is 0 Å². The molecule has 3 aromatic carbocycles. The van der Waals surface area contributed by atoms with Crippen LogP contribution in [0.2, 0.25) is 0 Å². The summed E-state index contributed by atoms with van der Waals surface area (Å²) in [6, 6.07) is 22.3. The fraction of sp³-hybridized carbons (Fsp3) is 0.387. The van der Waals surface area contributed by atoms with Crippen LogP contribution in [0.4, 0.5) is 4.79 Å². The van der Waals surface area contributed by atoms with Gasteiger partial charge in [-0.15, -0.1) is 0 Å². The highest BCUT2D eigenvalue weighted by molar-refractivity contribution is 8.30. The first kappa shape index (κ1) is 29.2. The monoisotopic (exact) mass is 540 g/mol. The molecule has 0 aliphatic rings. The molecule has 0 aliphatic carbocycles. The van der Waals surface area contributed by atoms with Crippen molar-refractivity contribution in [2.45, 2.75) is 93.8 Å². The maximum Gasteiger partial charge on any atom is 0.517 e. The SMILES string of the molecule is CC(C)(C)Oc1ccc(S(OC(=O)O)(c2ccc(OC(C)(C)C)cc2)c2ccc(OC(C)(C)C)cc2)cc1. The Morgan fingerprint density at radius 3 is 0.947 bits per heavy atom. The van der Waals surface area contributed by atoms with Crippen molar-refractivity contribution in [1.82, 2.24) is 0 Å². The van der Waals surface area contributed by atoms with E-state index in [-0.39, 0.29) is 16.8 Å². The van der Waals surface area contributed by atoms with E-state index in [9.17, 15) is 9.90 Å². The number of rotatable bonds is 7. The molecule has 3 rings (SSSR count). The van der Waals surface area contributed by atoms with Crippen LogP contribution in [-0.2, 0) is 4.18 Å². The zero-order valence-corrected chi connectivity index (χ0v) is 24.6. The zero-order chi connectivity index (χ0) is 28.4. The van der Waals surface area contributed by atoms with Gasteiger partial charge in [-0.2, -0.15) is 0 Å². The predicted molar refractivity (Wildman–Crippen MR) is 152 cm³/mol. The molecule has 0 fully saturated rings. The highest BCUT2D eigenvalue weighted by Crippen LogP contribution is 2.69. The van der Waals surface area contributed by atoms with Crippen molar-refractivity contribution >= 4 is 16.5 Å². The molecule has 0 heterocycles. The minimum atomic E-state index is -2.68. The van der Waals surface area contributed by atoms with Crippen LogP contribution in [0.5, 0.6) is 17.2 Å². The molecule has 0 unspecified atom stereocenters. The molecule has 0 atom stereocenters. The van der Waals surface area contributed by atoms with Crippen LogP contribution in [0.25, 0.3) is 0 Å². The van der Waals surface area contributed by atoms with Gasteiger partial charge in [0.25, 0.3) is 0 Å². The molecule has 206 valence electrons. The van der Waals surface area contributed by atoms with Gasteiger partial charge in [0.1, 0.15) is 34.1 Å². The highest BCUT2D eigenvalue weighted by atomic mass is 32.3. The Labute approximate surface area is 228 Å². The summed E-state index contributed by atoms with van der Waals surface area (Å²) in [5.41, 5.74) is -1.10. The first-order valence-corrected chi connectivity index (χ1v) is 14.2. The summed E-state index contributed by atoms with van der Waals surface area (Å²) in [4.78, 5) is 14.4. The van der Waals surface area contributed by atoms with Crippen LogP contribution in [0.1, 0.15) is 62.3 Å². The third kappa shape index (κ3) is 7.84. The predicted octanol–water partition coefficient (Wildman–Crippen LogP) is 9.11. The fourth-order valence-electron chi connectivity index (χ4n) is 3.82. The molecule has 0 aromatic heterocycles. The molecular weight excluding hydrogens is 500 g/mol. The van der Waals surface area contributed by atoms with Gasteiger partial charge in [-0.05, 0) is 145 Å². The van der Waals surface area contributed by atoms with E-state index in [1.165, 1.54) is 0 Å². The second-order valence-electron chi connectivity index (χ2n) is 12.0. The minimum absolute atomic E-state index is 0.366. The number of ether oxygens (including phenoxy) is 3. The third-order valence-corrected chi connectivity index (χ3v) is 8.14. The zero-order valence-electron chi connectivity index (χ0n) is 23.8. The van der Waals surface area contributed by atoms with Gasteiger partial charge in [0, 0.05) is 14.7 Å². The molecule has 0 saturated heterocycles. The quantitative estimate of drug-likeness (QED) is 0.322. The van der Waals surface area contributed by atoms with Gasteiger partial charge in [0.05, 0.1) is 0 Å². The second-order valence-corrected chi connectivity index (χ2v) is 14.7. The van der Waals surface area contributed by atoms with Crippen molar-refractivity contribution in [2.75, 3.05) is 0 Å². The van der Waals surface area contributed by atoms with Crippen molar-refractivity contribution in [3.8, 4) is 17.2 Å². The standard InChI is InChI=1S/C31H40O6S/c1-29(2,3)34-22-10-16-25(17-11-22)38(37-28(32)33,26-18-12-23(13-19-26)35-30(4,5)6)27-20-14-24(15-21-27)36-31(7,8)9/h10-21H,1-9H3,(H,32,33). The molecule has 0 saturated carbocycles. The average molecular weight is 541 g/mol. The lowest BCUT2D eigenvalue weighted by molar-refractivity contribution is 0.130. The van der Waals surface area contributed by atoms with Crippen molar-refractivity contribution in [1.29, 1.82) is 0 Å². The molecule has 6 nitrogen and oxygen atoms in total. The molecular formula is C31H40O6S. The van der Waals surface area contributed by atoms with Gasteiger partial charge >= 0.3 is 6.16 Å². The summed E-state index contributed by atoms with van der Waals surface area (Å²) in [7, 11) is -2.68. The molecule has 0 aliphatic heterocycles. The minimum Gasteiger partial charge on any atom is -0.488 e. The van der Waals surface area contributed by atoms with Gasteiger partial charge in [-0.25, -0.2) is 4.79 Å². The van der Waals surface area contributed by atoms with Crippen LogP contribution in [0.3, 0.4) is 0 Å². The maximum absolute atomic E-state index is 12.2. The Balaban J connectivity index is 2.19. The Morgan fingerprint density at radius 1 is 0.526 bits per heavy atom. The van der Waals surface area contributed by atoms with E-state index in [1.807, 2.05) is 135 Å². The van der Waals surface area contributed by atoms with E-state index in [1.54, 1.807) is 0 Å². The van der Waals surface area contributed by atoms with Gasteiger partial charge in [-0.3, -0.25) is 0 Å². The summed E-state index contributed by atoms with van der Waals surface area (Å²) in [6.45, 7) is 17.8. The Morgan fingerprint density at radius 2 is 0.763 bits per heavy atom. The normalized spacial score (nSPS) is 13.0. The Bertz CT molecular complexity index is 1070. The molecule has 0 spiro atoms. The summed E-state index contributed by atoms with van der Waals surface area (Å²) >= 11 is 0. The van der Waals surface area contributed by atoms with E-state index in [2.05, 4.69) is 0 Å². The van der Waals surface area contributed by atoms with Crippen molar-refractivity contribution in [3.05, 3.63) is 72.8 Å². The van der Waals surface area contributed by atoms with Gasteiger partial charge in [-0.1, -0.05) is 0 Å². The lowest BCUT2D eigenvalue weighted by atomic mass is 10.2. The van der Waals surface area contributed by atoms with Crippen LogP contribution in [0.15, 0.2) is 87.5 Å². The molecule has 0 amide bonds. The van der Waals surface area contributed by atoms with Crippen LogP contribution >= 0.6 is 10.3 Å². The topological polar surface area (TPSA) is 74.2 Å². The lowest BCUT2D eigenvalue weighted by Gasteiger charge is -2.39. The first-order valence-electron chi connectivity index (χ1n) is 12.6.